The Labute approximate surface area is 89.9 Å². The van der Waals surface area contributed by atoms with Gasteiger partial charge in [0.15, 0.2) is 0 Å². The van der Waals surface area contributed by atoms with Crippen LogP contribution in [-0.4, -0.2) is 9.55 Å². The van der Waals surface area contributed by atoms with E-state index in [-0.39, 0.29) is 6.04 Å². The van der Waals surface area contributed by atoms with E-state index in [1.807, 2.05) is 14.0 Å². The summed E-state index contributed by atoms with van der Waals surface area (Å²) >= 11 is 0. The molecule has 1 aromatic carbocycles. The first-order valence-electron chi connectivity index (χ1n) is 5.20. The Bertz CT molecular complexity index is 509. The number of aromatic nitrogens is 2. The van der Waals surface area contributed by atoms with Crippen LogP contribution in [0, 0.1) is 13.8 Å². The van der Waals surface area contributed by atoms with Gasteiger partial charge < -0.3 is 10.3 Å². The molecule has 1 atom stereocenters. The summed E-state index contributed by atoms with van der Waals surface area (Å²) in [5.74, 6) is 0.943. The van der Waals surface area contributed by atoms with Crippen molar-refractivity contribution in [3.63, 3.8) is 0 Å². The van der Waals surface area contributed by atoms with Crippen molar-refractivity contribution < 1.29 is 0 Å². The van der Waals surface area contributed by atoms with Crippen molar-refractivity contribution in [1.29, 1.82) is 0 Å². The molecule has 0 amide bonds. The van der Waals surface area contributed by atoms with Gasteiger partial charge in [-0.1, -0.05) is 6.07 Å². The summed E-state index contributed by atoms with van der Waals surface area (Å²) in [4.78, 5) is 4.55. The Morgan fingerprint density at radius 1 is 1.33 bits per heavy atom. The van der Waals surface area contributed by atoms with Gasteiger partial charge in [-0.25, -0.2) is 4.98 Å². The van der Waals surface area contributed by atoms with E-state index in [2.05, 4.69) is 35.5 Å². The number of rotatable bonds is 1. The molecule has 0 fully saturated rings. The summed E-state index contributed by atoms with van der Waals surface area (Å²) in [6.45, 7) is 6.21. The molecule has 3 nitrogen and oxygen atoms in total. The number of imidazole rings is 1. The van der Waals surface area contributed by atoms with Crippen LogP contribution >= 0.6 is 0 Å². The number of benzene rings is 1. The predicted molar refractivity (Wildman–Crippen MR) is 62.8 cm³/mol. The van der Waals surface area contributed by atoms with E-state index in [4.69, 9.17) is 5.73 Å². The van der Waals surface area contributed by atoms with Crippen LogP contribution in [0.25, 0.3) is 11.0 Å². The van der Waals surface area contributed by atoms with Gasteiger partial charge >= 0.3 is 0 Å². The van der Waals surface area contributed by atoms with E-state index in [0.717, 1.165) is 11.3 Å². The fourth-order valence-corrected chi connectivity index (χ4v) is 2.02. The molecule has 1 aromatic heterocycles. The SMILES string of the molecule is Cc1ccc2nc(C(C)N)n(C)c2c1C. The van der Waals surface area contributed by atoms with Gasteiger partial charge in [-0.05, 0) is 38.0 Å². The average Bonchev–Trinajstić information content (AvgIpc) is 2.50. The monoisotopic (exact) mass is 203 g/mol. The number of hydrogen-bond acceptors (Lipinski definition) is 2. The molecule has 0 radical (unpaired) electrons. The molecule has 0 bridgehead atoms. The van der Waals surface area contributed by atoms with Crippen molar-refractivity contribution in [1.82, 2.24) is 9.55 Å². The maximum atomic E-state index is 5.88. The average molecular weight is 203 g/mol. The van der Waals surface area contributed by atoms with Crippen molar-refractivity contribution in [2.45, 2.75) is 26.8 Å². The molecule has 0 aliphatic rings. The van der Waals surface area contributed by atoms with Gasteiger partial charge in [0.05, 0.1) is 17.1 Å². The third-order valence-corrected chi connectivity index (χ3v) is 3.00. The lowest BCUT2D eigenvalue weighted by Crippen LogP contribution is -2.11. The van der Waals surface area contributed by atoms with E-state index in [1.54, 1.807) is 0 Å². The lowest BCUT2D eigenvalue weighted by molar-refractivity contribution is 0.695. The highest BCUT2D eigenvalue weighted by Crippen LogP contribution is 2.23. The van der Waals surface area contributed by atoms with Crippen molar-refractivity contribution in [2.75, 3.05) is 0 Å². The van der Waals surface area contributed by atoms with Crippen molar-refractivity contribution >= 4 is 11.0 Å². The highest BCUT2D eigenvalue weighted by Gasteiger charge is 2.13. The molecule has 0 aliphatic heterocycles. The highest BCUT2D eigenvalue weighted by molar-refractivity contribution is 5.80. The quantitative estimate of drug-likeness (QED) is 0.772. The van der Waals surface area contributed by atoms with Crippen LogP contribution in [0.2, 0.25) is 0 Å². The number of aryl methyl sites for hydroxylation is 3. The lowest BCUT2D eigenvalue weighted by Gasteiger charge is -2.07. The zero-order chi connectivity index (χ0) is 11.2. The maximum Gasteiger partial charge on any atom is 0.126 e. The van der Waals surface area contributed by atoms with Gasteiger partial charge in [0.2, 0.25) is 0 Å². The first-order chi connectivity index (χ1) is 7.02. The molecule has 2 rings (SSSR count). The third kappa shape index (κ3) is 1.43. The van der Waals surface area contributed by atoms with Crippen molar-refractivity contribution in [3.05, 3.63) is 29.1 Å². The molecule has 2 N–H and O–H groups in total. The van der Waals surface area contributed by atoms with Gasteiger partial charge in [0, 0.05) is 7.05 Å². The summed E-state index contributed by atoms with van der Waals surface area (Å²) in [6.07, 6.45) is 0. The fourth-order valence-electron chi connectivity index (χ4n) is 2.02. The molecule has 0 spiro atoms. The lowest BCUT2D eigenvalue weighted by atomic mass is 10.1. The first-order valence-corrected chi connectivity index (χ1v) is 5.20. The summed E-state index contributed by atoms with van der Waals surface area (Å²) in [7, 11) is 2.03. The molecular formula is C12H17N3. The second-order valence-electron chi connectivity index (χ2n) is 4.19. The van der Waals surface area contributed by atoms with E-state index < -0.39 is 0 Å². The highest BCUT2D eigenvalue weighted by atomic mass is 15.1. The molecule has 15 heavy (non-hydrogen) atoms. The number of nitrogens with zero attached hydrogens (tertiary/aromatic N) is 2. The number of hydrogen-bond donors (Lipinski definition) is 1. The van der Waals surface area contributed by atoms with Crippen LogP contribution in [0.15, 0.2) is 12.1 Å². The molecular weight excluding hydrogens is 186 g/mol. The first kappa shape index (κ1) is 10.2. The Hall–Kier alpha value is -1.35. The van der Waals surface area contributed by atoms with Crippen molar-refractivity contribution in [2.24, 2.45) is 12.8 Å². The summed E-state index contributed by atoms with van der Waals surface area (Å²) in [5, 5.41) is 0. The van der Waals surface area contributed by atoms with Gasteiger partial charge in [-0.15, -0.1) is 0 Å². The molecule has 3 heteroatoms. The third-order valence-electron chi connectivity index (χ3n) is 3.00. The fraction of sp³-hybridized carbons (Fsp3) is 0.417. The van der Waals surface area contributed by atoms with E-state index in [0.29, 0.717) is 0 Å². The largest absolute Gasteiger partial charge is 0.330 e. The number of nitrogens with two attached hydrogens (primary N) is 1. The number of fused-ring (bicyclic) bond motifs is 1. The van der Waals surface area contributed by atoms with Crippen LogP contribution in [0.5, 0.6) is 0 Å². The molecule has 1 heterocycles. The summed E-state index contributed by atoms with van der Waals surface area (Å²) in [6, 6.07) is 4.14. The summed E-state index contributed by atoms with van der Waals surface area (Å²) in [5.41, 5.74) is 10.7. The Kier molecular flexibility index (Phi) is 2.27. The van der Waals surface area contributed by atoms with Crippen LogP contribution in [-0.2, 0) is 7.05 Å². The molecule has 80 valence electrons. The Balaban J connectivity index is 2.83. The Morgan fingerprint density at radius 2 is 2.00 bits per heavy atom. The van der Waals surface area contributed by atoms with Gasteiger partial charge in [-0.3, -0.25) is 0 Å². The van der Waals surface area contributed by atoms with Crippen LogP contribution in [0.1, 0.15) is 29.9 Å². The van der Waals surface area contributed by atoms with E-state index in [1.165, 1.54) is 16.6 Å². The van der Waals surface area contributed by atoms with Crippen molar-refractivity contribution in [3.8, 4) is 0 Å². The van der Waals surface area contributed by atoms with Crippen LogP contribution in [0.3, 0.4) is 0 Å². The minimum absolute atomic E-state index is 0.0258. The molecule has 1 unspecified atom stereocenters. The van der Waals surface area contributed by atoms with E-state index in [9.17, 15) is 0 Å². The Morgan fingerprint density at radius 3 is 2.60 bits per heavy atom. The predicted octanol–water partition coefficient (Wildman–Crippen LogP) is 2.21. The van der Waals surface area contributed by atoms with Crippen LogP contribution in [0.4, 0.5) is 0 Å². The minimum atomic E-state index is -0.0258. The van der Waals surface area contributed by atoms with Gasteiger partial charge in [-0.2, -0.15) is 0 Å². The zero-order valence-electron chi connectivity index (χ0n) is 9.70. The van der Waals surface area contributed by atoms with Crippen LogP contribution < -0.4 is 5.73 Å². The molecule has 2 aromatic rings. The normalized spacial score (nSPS) is 13.4. The smallest absolute Gasteiger partial charge is 0.126 e. The molecule has 0 saturated heterocycles. The maximum absolute atomic E-state index is 5.88. The second kappa shape index (κ2) is 3.35. The minimum Gasteiger partial charge on any atom is -0.330 e. The summed E-state index contributed by atoms with van der Waals surface area (Å²) < 4.78 is 2.10. The second-order valence-corrected chi connectivity index (χ2v) is 4.19. The van der Waals surface area contributed by atoms with Gasteiger partial charge in [0.1, 0.15) is 5.82 Å². The van der Waals surface area contributed by atoms with E-state index >= 15 is 0 Å². The standard InChI is InChI=1S/C12H17N3/c1-7-5-6-10-11(8(7)2)15(4)12(14-10)9(3)13/h5-6,9H,13H2,1-4H3. The van der Waals surface area contributed by atoms with Gasteiger partial charge in [0.25, 0.3) is 0 Å². The topological polar surface area (TPSA) is 43.8 Å². The molecule has 0 saturated carbocycles. The zero-order valence-corrected chi connectivity index (χ0v) is 9.70. The molecule has 0 aliphatic carbocycles.